The number of fused-ring (bicyclic) bond motifs is 5. The van der Waals surface area contributed by atoms with E-state index in [0.717, 1.165) is 19.3 Å². The Morgan fingerprint density at radius 3 is 2.67 bits per heavy atom. The van der Waals surface area contributed by atoms with Crippen molar-refractivity contribution in [3.8, 4) is 0 Å². The highest BCUT2D eigenvalue weighted by Gasteiger charge is 2.60. The van der Waals surface area contributed by atoms with Crippen LogP contribution in [0.4, 0.5) is 0 Å². The van der Waals surface area contributed by atoms with Crippen molar-refractivity contribution in [1.82, 2.24) is 19.8 Å². The summed E-state index contributed by atoms with van der Waals surface area (Å²) in [7, 11) is 3.84. The van der Waals surface area contributed by atoms with Crippen LogP contribution in [0.15, 0.2) is 24.5 Å². The normalized spacial score (nSPS) is 42.5. The molecule has 0 bridgehead atoms. The van der Waals surface area contributed by atoms with Gasteiger partial charge >= 0.3 is 0 Å². The number of nitrogens with one attached hydrogen (secondary N) is 1. The molecule has 6 nitrogen and oxygen atoms in total. The average molecular weight is 411 g/mol. The summed E-state index contributed by atoms with van der Waals surface area (Å²) in [6.45, 7) is 4.79. The summed E-state index contributed by atoms with van der Waals surface area (Å²) in [4.78, 5) is 31.3. The average Bonchev–Trinajstić information content (AvgIpc) is 3.28. The molecule has 1 N–H and O–H groups in total. The van der Waals surface area contributed by atoms with Crippen LogP contribution in [0.2, 0.25) is 0 Å². The van der Waals surface area contributed by atoms with Crippen molar-refractivity contribution in [3.05, 3.63) is 30.4 Å². The smallest absolute Gasteiger partial charge is 0.287 e. The number of hydrogen-bond acceptors (Lipinski definition) is 3. The molecule has 4 aliphatic rings. The molecule has 0 unspecified atom stereocenters. The molecule has 0 spiro atoms. The first kappa shape index (κ1) is 19.8. The van der Waals surface area contributed by atoms with Gasteiger partial charge in [0.1, 0.15) is 0 Å². The van der Waals surface area contributed by atoms with Gasteiger partial charge in [-0.25, -0.2) is 4.98 Å². The molecule has 1 aromatic heterocycles. The molecule has 5 rings (SSSR count). The zero-order valence-corrected chi connectivity index (χ0v) is 18.6. The minimum Gasteiger partial charge on any atom is -0.346 e. The Labute approximate surface area is 179 Å². The van der Waals surface area contributed by atoms with Crippen LogP contribution in [0.5, 0.6) is 0 Å². The van der Waals surface area contributed by atoms with Crippen molar-refractivity contribution in [2.45, 2.75) is 64.5 Å². The molecule has 3 fully saturated rings. The molecule has 2 amide bonds. The lowest BCUT2D eigenvalue weighted by molar-refractivity contribution is -0.138. The van der Waals surface area contributed by atoms with Crippen LogP contribution in [-0.4, -0.2) is 45.4 Å². The number of amides is 2. The monoisotopic (exact) mass is 410 g/mol. The molecule has 30 heavy (non-hydrogen) atoms. The fraction of sp³-hybridized carbons (Fsp3) is 0.708. The van der Waals surface area contributed by atoms with Crippen LogP contribution in [0.3, 0.4) is 0 Å². The third-order valence-corrected chi connectivity index (χ3v) is 9.46. The molecule has 7 atom stereocenters. The number of hydrogen-bond donors (Lipinski definition) is 1. The van der Waals surface area contributed by atoms with Gasteiger partial charge in [-0.05, 0) is 67.8 Å². The first-order valence-corrected chi connectivity index (χ1v) is 11.5. The van der Waals surface area contributed by atoms with Gasteiger partial charge in [0.05, 0.1) is 0 Å². The van der Waals surface area contributed by atoms with E-state index in [9.17, 15) is 9.59 Å². The predicted molar refractivity (Wildman–Crippen MR) is 115 cm³/mol. The number of aromatic nitrogens is 2. The zero-order valence-electron chi connectivity index (χ0n) is 18.6. The predicted octanol–water partition coefficient (Wildman–Crippen LogP) is 3.16. The van der Waals surface area contributed by atoms with Crippen molar-refractivity contribution in [1.29, 1.82) is 0 Å². The van der Waals surface area contributed by atoms with Crippen molar-refractivity contribution in [3.63, 3.8) is 0 Å². The van der Waals surface area contributed by atoms with Crippen LogP contribution in [0.25, 0.3) is 0 Å². The zero-order chi connectivity index (χ0) is 21.3. The van der Waals surface area contributed by atoms with Crippen LogP contribution in [-0.2, 0) is 11.8 Å². The molecular formula is C24H34N4O2. The number of rotatable bonds is 2. The lowest BCUT2D eigenvalue weighted by Gasteiger charge is -2.60. The maximum Gasteiger partial charge on any atom is 0.287 e. The summed E-state index contributed by atoms with van der Waals surface area (Å²) in [6.07, 6.45) is 14.3. The first-order chi connectivity index (χ1) is 14.3. The summed E-state index contributed by atoms with van der Waals surface area (Å²) in [5.74, 6) is 2.51. The number of carbonyl (C=O) groups excluding carboxylic acids is 2. The second-order valence-corrected chi connectivity index (χ2v) is 10.6. The van der Waals surface area contributed by atoms with E-state index in [1.54, 1.807) is 16.8 Å². The highest BCUT2D eigenvalue weighted by Crippen LogP contribution is 2.63. The highest BCUT2D eigenvalue weighted by molar-refractivity contribution is 5.91. The van der Waals surface area contributed by atoms with Crippen molar-refractivity contribution < 1.29 is 9.59 Å². The van der Waals surface area contributed by atoms with Gasteiger partial charge in [0.25, 0.3) is 5.91 Å². The van der Waals surface area contributed by atoms with Crippen molar-refractivity contribution in [2.24, 2.45) is 35.6 Å². The quantitative estimate of drug-likeness (QED) is 0.814. The largest absolute Gasteiger partial charge is 0.346 e. The Hall–Kier alpha value is -2.11. The minimum absolute atomic E-state index is 0.0532. The van der Waals surface area contributed by atoms with Crippen LogP contribution < -0.4 is 5.32 Å². The molecule has 3 saturated carbocycles. The van der Waals surface area contributed by atoms with E-state index in [1.807, 2.05) is 25.2 Å². The SMILES string of the molecule is CN1C(=O)C=C[C@]2(C)[C@H]3CC[C@]4(C)[C@@H](NC(=O)c5nccn5C)CC[C@H]4[C@@H]3CC[C@@H]12. The number of likely N-dealkylation sites (N-methyl/N-ethyl adjacent to an activating group) is 1. The van der Waals surface area contributed by atoms with Gasteiger partial charge in [0.2, 0.25) is 5.91 Å². The minimum atomic E-state index is -0.0532. The Bertz CT molecular complexity index is 907. The van der Waals surface area contributed by atoms with E-state index in [1.165, 1.54) is 19.3 Å². The molecule has 0 saturated heterocycles. The lowest BCUT2D eigenvalue weighted by Crippen LogP contribution is -2.60. The Morgan fingerprint density at radius 2 is 1.93 bits per heavy atom. The Morgan fingerprint density at radius 1 is 1.13 bits per heavy atom. The molecule has 1 aromatic rings. The van der Waals surface area contributed by atoms with Gasteiger partial charge in [-0.3, -0.25) is 9.59 Å². The topological polar surface area (TPSA) is 67.2 Å². The number of imidazole rings is 1. The molecule has 1 aliphatic heterocycles. The van der Waals surface area contributed by atoms with Gasteiger partial charge < -0.3 is 14.8 Å². The second kappa shape index (κ2) is 6.69. The van der Waals surface area contributed by atoms with Crippen LogP contribution >= 0.6 is 0 Å². The second-order valence-electron chi connectivity index (χ2n) is 10.6. The van der Waals surface area contributed by atoms with E-state index in [2.05, 4.69) is 30.2 Å². The molecule has 2 heterocycles. The van der Waals surface area contributed by atoms with Crippen molar-refractivity contribution >= 4 is 11.8 Å². The summed E-state index contributed by atoms with van der Waals surface area (Å²) in [6, 6.07) is 0.533. The molecule has 0 aromatic carbocycles. The number of nitrogens with zero attached hydrogens (tertiary/aromatic N) is 3. The molecular weight excluding hydrogens is 376 g/mol. The van der Waals surface area contributed by atoms with Gasteiger partial charge in [0, 0.05) is 44.0 Å². The van der Waals surface area contributed by atoms with Gasteiger partial charge in [-0.15, -0.1) is 0 Å². The standard InChI is InChI=1S/C24H34N4O2/c1-23-11-9-17-15(5-8-19-24(17,2)12-10-20(29)28(19)4)16(23)6-7-18(23)26-22(30)21-25-13-14-27(21)3/h10,12-19H,5-9,11H2,1-4H3,(H,26,30)/t15-,16-,17-,18-,19+,23-,24+/m0/s1. The Kier molecular flexibility index (Phi) is 4.42. The molecule has 162 valence electrons. The number of aryl methyl sites for hydroxylation is 1. The maximum atomic E-state index is 12.8. The third-order valence-electron chi connectivity index (χ3n) is 9.46. The summed E-state index contributed by atoms with van der Waals surface area (Å²) in [5, 5.41) is 3.35. The summed E-state index contributed by atoms with van der Waals surface area (Å²) in [5.41, 5.74) is 0.215. The van der Waals surface area contributed by atoms with E-state index in [0.29, 0.717) is 29.6 Å². The van der Waals surface area contributed by atoms with Gasteiger partial charge in [-0.1, -0.05) is 19.9 Å². The summed E-state index contributed by atoms with van der Waals surface area (Å²) < 4.78 is 1.79. The van der Waals surface area contributed by atoms with Gasteiger partial charge in [-0.2, -0.15) is 0 Å². The highest BCUT2D eigenvalue weighted by atomic mass is 16.2. The van der Waals surface area contributed by atoms with Gasteiger partial charge in [0.15, 0.2) is 5.82 Å². The third kappa shape index (κ3) is 2.64. The molecule has 6 heteroatoms. The van der Waals surface area contributed by atoms with Crippen molar-refractivity contribution in [2.75, 3.05) is 7.05 Å². The van der Waals surface area contributed by atoms with Crippen LogP contribution in [0.1, 0.15) is 63.0 Å². The lowest BCUT2D eigenvalue weighted by atomic mass is 9.48. The fourth-order valence-electron chi connectivity index (χ4n) is 7.78. The van der Waals surface area contributed by atoms with E-state index < -0.39 is 0 Å². The van der Waals surface area contributed by atoms with E-state index >= 15 is 0 Å². The first-order valence-electron chi connectivity index (χ1n) is 11.5. The summed E-state index contributed by atoms with van der Waals surface area (Å²) >= 11 is 0. The van der Waals surface area contributed by atoms with Crippen LogP contribution in [0, 0.1) is 28.6 Å². The fourth-order valence-corrected chi connectivity index (χ4v) is 7.78. The number of carbonyl (C=O) groups is 2. The Balaban J connectivity index is 1.38. The molecule has 3 aliphatic carbocycles. The molecule has 0 radical (unpaired) electrons. The van der Waals surface area contributed by atoms with E-state index in [-0.39, 0.29) is 28.7 Å². The maximum absolute atomic E-state index is 12.8. The van der Waals surface area contributed by atoms with E-state index in [4.69, 9.17) is 0 Å².